The van der Waals surface area contributed by atoms with Gasteiger partial charge in [0.2, 0.25) is 10.1 Å². The summed E-state index contributed by atoms with van der Waals surface area (Å²) in [5.74, 6) is -0.316. The second-order valence-electron chi connectivity index (χ2n) is 3.53. The SMILES string of the molecule is COCc1ccc(NC(=O)c2nnc(N)s2)cc1. The van der Waals surface area contributed by atoms with Gasteiger partial charge in [-0.3, -0.25) is 4.79 Å². The second-order valence-corrected chi connectivity index (χ2v) is 4.54. The van der Waals surface area contributed by atoms with E-state index >= 15 is 0 Å². The molecule has 0 aliphatic heterocycles. The van der Waals surface area contributed by atoms with Crippen molar-refractivity contribution in [2.45, 2.75) is 6.61 Å². The first kappa shape index (κ1) is 12.5. The minimum atomic E-state index is -0.316. The first-order valence-corrected chi connectivity index (χ1v) is 5.99. The zero-order valence-corrected chi connectivity index (χ0v) is 10.5. The summed E-state index contributed by atoms with van der Waals surface area (Å²) in [4.78, 5) is 11.8. The first-order valence-electron chi connectivity index (χ1n) is 5.17. The van der Waals surface area contributed by atoms with Crippen LogP contribution in [0.25, 0.3) is 0 Å². The average Bonchev–Trinajstić information content (AvgIpc) is 2.79. The summed E-state index contributed by atoms with van der Waals surface area (Å²) in [7, 11) is 1.63. The van der Waals surface area contributed by atoms with Crippen molar-refractivity contribution >= 4 is 28.1 Å². The number of amides is 1. The zero-order valence-electron chi connectivity index (χ0n) is 9.71. The molecular weight excluding hydrogens is 252 g/mol. The van der Waals surface area contributed by atoms with Crippen LogP contribution >= 0.6 is 11.3 Å². The summed E-state index contributed by atoms with van der Waals surface area (Å²) in [5, 5.41) is 10.5. The fourth-order valence-electron chi connectivity index (χ4n) is 1.36. The topological polar surface area (TPSA) is 90.1 Å². The summed E-state index contributed by atoms with van der Waals surface area (Å²) < 4.78 is 5.00. The lowest BCUT2D eigenvalue weighted by molar-refractivity contribution is 0.102. The van der Waals surface area contributed by atoms with E-state index in [2.05, 4.69) is 15.5 Å². The summed E-state index contributed by atoms with van der Waals surface area (Å²) in [6, 6.07) is 7.37. The molecule has 0 spiro atoms. The Balaban J connectivity index is 2.03. The van der Waals surface area contributed by atoms with E-state index in [0.717, 1.165) is 16.9 Å². The number of anilines is 2. The normalized spacial score (nSPS) is 10.3. The van der Waals surface area contributed by atoms with Gasteiger partial charge in [-0.05, 0) is 17.7 Å². The van der Waals surface area contributed by atoms with E-state index in [1.807, 2.05) is 12.1 Å². The highest BCUT2D eigenvalue weighted by atomic mass is 32.1. The van der Waals surface area contributed by atoms with E-state index in [-0.39, 0.29) is 16.0 Å². The van der Waals surface area contributed by atoms with Crippen molar-refractivity contribution in [3.05, 3.63) is 34.8 Å². The average molecular weight is 264 g/mol. The minimum Gasteiger partial charge on any atom is -0.380 e. The number of hydrogen-bond donors (Lipinski definition) is 2. The van der Waals surface area contributed by atoms with Gasteiger partial charge in [-0.2, -0.15) is 0 Å². The van der Waals surface area contributed by atoms with Crippen LogP contribution in [0.2, 0.25) is 0 Å². The van der Waals surface area contributed by atoms with Crippen LogP contribution in [0, 0.1) is 0 Å². The van der Waals surface area contributed by atoms with Gasteiger partial charge in [0.15, 0.2) is 0 Å². The van der Waals surface area contributed by atoms with Crippen LogP contribution in [-0.4, -0.2) is 23.2 Å². The van der Waals surface area contributed by atoms with E-state index in [9.17, 15) is 4.79 Å². The summed E-state index contributed by atoms with van der Waals surface area (Å²) in [5.41, 5.74) is 7.14. The van der Waals surface area contributed by atoms with Crippen molar-refractivity contribution in [3.63, 3.8) is 0 Å². The Morgan fingerprint density at radius 2 is 2.11 bits per heavy atom. The lowest BCUT2D eigenvalue weighted by Crippen LogP contribution is -2.11. The largest absolute Gasteiger partial charge is 0.380 e. The lowest BCUT2D eigenvalue weighted by Gasteiger charge is -2.04. The maximum absolute atomic E-state index is 11.8. The molecular formula is C11H12N4O2S. The molecule has 3 N–H and O–H groups in total. The fraction of sp³-hybridized carbons (Fsp3) is 0.182. The highest BCUT2D eigenvalue weighted by Gasteiger charge is 2.11. The molecule has 94 valence electrons. The first-order chi connectivity index (χ1) is 8.69. The molecule has 1 amide bonds. The molecule has 6 nitrogen and oxygen atoms in total. The van der Waals surface area contributed by atoms with Gasteiger partial charge >= 0.3 is 0 Å². The molecule has 0 radical (unpaired) electrons. The van der Waals surface area contributed by atoms with Gasteiger partial charge in [0, 0.05) is 12.8 Å². The number of nitrogens with one attached hydrogen (secondary N) is 1. The van der Waals surface area contributed by atoms with Gasteiger partial charge in [0.1, 0.15) is 0 Å². The smallest absolute Gasteiger partial charge is 0.286 e. The molecule has 0 saturated heterocycles. The number of hydrogen-bond acceptors (Lipinski definition) is 6. The molecule has 0 aliphatic carbocycles. The maximum Gasteiger partial charge on any atom is 0.286 e. The predicted octanol–water partition coefficient (Wildman–Crippen LogP) is 1.52. The van der Waals surface area contributed by atoms with Crippen LogP contribution in [0.3, 0.4) is 0 Å². The number of aromatic nitrogens is 2. The molecule has 2 aromatic rings. The van der Waals surface area contributed by atoms with E-state index in [1.54, 1.807) is 19.2 Å². The Morgan fingerprint density at radius 3 is 2.67 bits per heavy atom. The number of carbonyl (C=O) groups excluding carboxylic acids is 1. The van der Waals surface area contributed by atoms with Gasteiger partial charge in [-0.1, -0.05) is 23.5 Å². The third-order valence-electron chi connectivity index (χ3n) is 2.16. The van der Waals surface area contributed by atoms with Gasteiger partial charge in [0.05, 0.1) is 6.61 Å². The van der Waals surface area contributed by atoms with Gasteiger partial charge < -0.3 is 15.8 Å². The molecule has 0 fully saturated rings. The van der Waals surface area contributed by atoms with E-state index in [4.69, 9.17) is 10.5 Å². The van der Waals surface area contributed by atoms with Gasteiger partial charge in [0.25, 0.3) is 5.91 Å². The molecule has 0 saturated carbocycles. The molecule has 1 heterocycles. The summed E-state index contributed by atoms with van der Waals surface area (Å²) >= 11 is 1.05. The third kappa shape index (κ3) is 3.02. The molecule has 1 aromatic heterocycles. The van der Waals surface area contributed by atoms with Crippen molar-refractivity contribution in [1.82, 2.24) is 10.2 Å². The van der Waals surface area contributed by atoms with Crippen molar-refractivity contribution in [3.8, 4) is 0 Å². The number of nitrogen functional groups attached to an aromatic ring is 1. The van der Waals surface area contributed by atoms with Gasteiger partial charge in [-0.25, -0.2) is 0 Å². The van der Waals surface area contributed by atoms with Crippen molar-refractivity contribution in [2.75, 3.05) is 18.2 Å². The maximum atomic E-state index is 11.8. The standard InChI is InChI=1S/C11H12N4O2S/c1-17-6-7-2-4-8(5-3-7)13-9(16)10-14-15-11(12)18-10/h2-5H,6H2,1H3,(H2,12,15)(H,13,16). The Labute approximate surface area is 108 Å². The number of rotatable bonds is 4. The second kappa shape index (κ2) is 5.56. The Kier molecular flexibility index (Phi) is 3.85. The molecule has 0 atom stereocenters. The monoisotopic (exact) mass is 264 g/mol. The molecule has 7 heteroatoms. The third-order valence-corrected chi connectivity index (χ3v) is 2.91. The summed E-state index contributed by atoms with van der Waals surface area (Å²) in [6.07, 6.45) is 0. The number of methoxy groups -OCH3 is 1. The molecule has 1 aromatic carbocycles. The highest BCUT2D eigenvalue weighted by Crippen LogP contribution is 2.15. The molecule has 0 bridgehead atoms. The quantitative estimate of drug-likeness (QED) is 0.873. The molecule has 0 aliphatic rings. The number of carbonyl (C=O) groups is 1. The molecule has 18 heavy (non-hydrogen) atoms. The fourth-order valence-corrected chi connectivity index (χ4v) is 1.87. The van der Waals surface area contributed by atoms with E-state index < -0.39 is 0 Å². The van der Waals surface area contributed by atoms with E-state index in [1.165, 1.54) is 0 Å². The lowest BCUT2D eigenvalue weighted by atomic mass is 10.2. The highest BCUT2D eigenvalue weighted by molar-refractivity contribution is 7.16. The Morgan fingerprint density at radius 1 is 1.39 bits per heavy atom. The van der Waals surface area contributed by atoms with Crippen LogP contribution in [0.1, 0.15) is 15.4 Å². The van der Waals surface area contributed by atoms with Gasteiger partial charge in [-0.15, -0.1) is 10.2 Å². The van der Waals surface area contributed by atoms with Crippen LogP contribution in [0.4, 0.5) is 10.8 Å². The summed E-state index contributed by atoms with van der Waals surface area (Å²) in [6.45, 7) is 0.543. The van der Waals surface area contributed by atoms with Crippen molar-refractivity contribution in [2.24, 2.45) is 0 Å². The minimum absolute atomic E-state index is 0.244. The van der Waals surface area contributed by atoms with Crippen LogP contribution in [0.15, 0.2) is 24.3 Å². The van der Waals surface area contributed by atoms with E-state index in [0.29, 0.717) is 12.3 Å². The van der Waals surface area contributed by atoms with Crippen LogP contribution in [-0.2, 0) is 11.3 Å². The number of ether oxygens (including phenoxy) is 1. The molecule has 0 unspecified atom stereocenters. The van der Waals surface area contributed by atoms with Crippen molar-refractivity contribution in [1.29, 1.82) is 0 Å². The Hall–Kier alpha value is -1.99. The molecule has 2 rings (SSSR count). The zero-order chi connectivity index (χ0) is 13.0. The Bertz CT molecular complexity index is 538. The van der Waals surface area contributed by atoms with Crippen molar-refractivity contribution < 1.29 is 9.53 Å². The number of nitrogens with zero attached hydrogens (tertiary/aromatic N) is 2. The van der Waals surface area contributed by atoms with Crippen LogP contribution in [0.5, 0.6) is 0 Å². The predicted molar refractivity (Wildman–Crippen MR) is 69.4 cm³/mol. The van der Waals surface area contributed by atoms with Crippen LogP contribution < -0.4 is 11.1 Å². The number of nitrogens with two attached hydrogens (primary N) is 1. The number of benzene rings is 1.